The van der Waals surface area contributed by atoms with E-state index in [4.69, 9.17) is 10.2 Å². The van der Waals surface area contributed by atoms with Gasteiger partial charge in [0.15, 0.2) is 0 Å². The lowest BCUT2D eigenvalue weighted by Crippen LogP contribution is -2.09. The van der Waals surface area contributed by atoms with Crippen molar-refractivity contribution in [2.45, 2.75) is 45.6 Å². The number of aliphatic hydroxyl groups is 1. The SMILES string of the molecule is CCCc1cc(C(=O)O)cc(NCCCC(C)O)n1. The maximum atomic E-state index is 11.0. The van der Waals surface area contributed by atoms with Crippen LogP contribution in [0.1, 0.15) is 49.2 Å². The fraction of sp³-hybridized carbons (Fsp3) is 0.571. The van der Waals surface area contributed by atoms with Gasteiger partial charge >= 0.3 is 5.97 Å². The Morgan fingerprint density at radius 2 is 2.21 bits per heavy atom. The number of aliphatic hydroxyl groups excluding tert-OH is 1. The molecule has 0 aliphatic rings. The first-order chi connectivity index (χ1) is 9.02. The predicted molar refractivity (Wildman–Crippen MR) is 74.6 cm³/mol. The van der Waals surface area contributed by atoms with E-state index in [2.05, 4.69) is 10.3 Å². The highest BCUT2D eigenvalue weighted by molar-refractivity contribution is 5.88. The summed E-state index contributed by atoms with van der Waals surface area (Å²) >= 11 is 0. The second kappa shape index (κ2) is 7.74. The number of aromatic carboxylic acids is 1. The summed E-state index contributed by atoms with van der Waals surface area (Å²) in [6.45, 7) is 4.46. The summed E-state index contributed by atoms with van der Waals surface area (Å²) in [7, 11) is 0. The van der Waals surface area contributed by atoms with Crippen LogP contribution < -0.4 is 5.32 Å². The normalized spacial score (nSPS) is 12.2. The molecule has 0 saturated carbocycles. The fourth-order valence-electron chi connectivity index (χ4n) is 1.80. The van der Waals surface area contributed by atoms with Crippen molar-refractivity contribution in [3.63, 3.8) is 0 Å². The van der Waals surface area contributed by atoms with Crippen LogP contribution in [0.5, 0.6) is 0 Å². The van der Waals surface area contributed by atoms with Gasteiger partial charge < -0.3 is 15.5 Å². The third kappa shape index (κ3) is 5.70. The average molecular weight is 266 g/mol. The molecule has 1 atom stereocenters. The van der Waals surface area contributed by atoms with Crippen molar-refractivity contribution in [1.82, 2.24) is 4.98 Å². The number of aryl methyl sites for hydroxylation is 1. The number of nitrogens with one attached hydrogen (secondary N) is 1. The summed E-state index contributed by atoms with van der Waals surface area (Å²) in [4.78, 5) is 15.4. The highest BCUT2D eigenvalue weighted by Gasteiger charge is 2.08. The second-order valence-corrected chi connectivity index (χ2v) is 4.71. The van der Waals surface area contributed by atoms with E-state index in [-0.39, 0.29) is 11.7 Å². The molecule has 0 aliphatic heterocycles. The average Bonchev–Trinajstić information content (AvgIpc) is 2.34. The molecule has 0 saturated heterocycles. The third-order valence-corrected chi connectivity index (χ3v) is 2.74. The summed E-state index contributed by atoms with van der Waals surface area (Å²) < 4.78 is 0. The van der Waals surface area contributed by atoms with Gasteiger partial charge in [-0.1, -0.05) is 13.3 Å². The first-order valence-corrected chi connectivity index (χ1v) is 6.69. The van der Waals surface area contributed by atoms with E-state index < -0.39 is 5.97 Å². The first-order valence-electron chi connectivity index (χ1n) is 6.69. The van der Waals surface area contributed by atoms with Crippen molar-refractivity contribution in [2.24, 2.45) is 0 Å². The number of pyridine rings is 1. The smallest absolute Gasteiger partial charge is 0.335 e. The van der Waals surface area contributed by atoms with Gasteiger partial charge in [-0.2, -0.15) is 0 Å². The molecule has 0 bridgehead atoms. The van der Waals surface area contributed by atoms with Crippen LogP contribution in [-0.2, 0) is 6.42 Å². The lowest BCUT2D eigenvalue weighted by molar-refractivity contribution is 0.0696. The summed E-state index contributed by atoms with van der Waals surface area (Å²) in [5.74, 6) is -0.347. The van der Waals surface area contributed by atoms with Gasteiger partial charge in [0.2, 0.25) is 0 Å². The van der Waals surface area contributed by atoms with E-state index in [0.29, 0.717) is 18.8 Å². The topological polar surface area (TPSA) is 82.5 Å². The Labute approximate surface area is 113 Å². The molecule has 0 fully saturated rings. The van der Waals surface area contributed by atoms with Gasteiger partial charge in [0, 0.05) is 12.2 Å². The Hall–Kier alpha value is -1.62. The molecule has 3 N–H and O–H groups in total. The minimum atomic E-state index is -0.938. The van der Waals surface area contributed by atoms with Crippen LogP contribution in [0.15, 0.2) is 12.1 Å². The highest BCUT2D eigenvalue weighted by Crippen LogP contribution is 2.12. The maximum absolute atomic E-state index is 11.0. The monoisotopic (exact) mass is 266 g/mol. The zero-order valence-electron chi connectivity index (χ0n) is 11.5. The van der Waals surface area contributed by atoms with Gasteiger partial charge in [0.05, 0.1) is 11.7 Å². The lowest BCUT2D eigenvalue weighted by Gasteiger charge is -2.09. The van der Waals surface area contributed by atoms with Crippen LogP contribution in [0.4, 0.5) is 5.82 Å². The van der Waals surface area contributed by atoms with E-state index in [1.54, 1.807) is 19.1 Å². The highest BCUT2D eigenvalue weighted by atomic mass is 16.4. The van der Waals surface area contributed by atoms with Gasteiger partial charge in [-0.25, -0.2) is 9.78 Å². The summed E-state index contributed by atoms with van der Waals surface area (Å²) in [5.41, 5.74) is 1.05. The predicted octanol–water partition coefficient (Wildman–Crippen LogP) is 2.31. The fourth-order valence-corrected chi connectivity index (χ4v) is 1.80. The number of carbonyl (C=O) groups is 1. The summed E-state index contributed by atoms with van der Waals surface area (Å²) in [6, 6.07) is 3.16. The van der Waals surface area contributed by atoms with Crippen LogP contribution >= 0.6 is 0 Å². The minimum Gasteiger partial charge on any atom is -0.478 e. The standard InChI is InChI=1S/C14H22N2O3/c1-3-5-12-8-11(14(18)19)9-13(16-12)15-7-4-6-10(2)17/h8-10,17H,3-7H2,1-2H3,(H,15,16)(H,18,19). The van der Waals surface area contributed by atoms with Crippen LogP contribution in [0.25, 0.3) is 0 Å². The van der Waals surface area contributed by atoms with Gasteiger partial charge in [0.25, 0.3) is 0 Å². The van der Waals surface area contributed by atoms with Crippen LogP contribution in [0.2, 0.25) is 0 Å². The summed E-state index contributed by atoms with van der Waals surface area (Å²) in [6.07, 6.45) is 2.92. The Bertz CT molecular complexity index is 419. The number of rotatable bonds is 8. The molecule has 0 aliphatic carbocycles. The molecule has 1 unspecified atom stereocenters. The Morgan fingerprint density at radius 3 is 2.79 bits per heavy atom. The molecule has 5 nitrogen and oxygen atoms in total. The van der Waals surface area contributed by atoms with Crippen molar-refractivity contribution < 1.29 is 15.0 Å². The lowest BCUT2D eigenvalue weighted by atomic mass is 10.1. The molecule has 106 valence electrons. The van der Waals surface area contributed by atoms with Crippen molar-refractivity contribution in [2.75, 3.05) is 11.9 Å². The van der Waals surface area contributed by atoms with Crippen LogP contribution in [-0.4, -0.2) is 33.8 Å². The zero-order valence-corrected chi connectivity index (χ0v) is 11.5. The molecule has 19 heavy (non-hydrogen) atoms. The molecule has 0 aromatic carbocycles. The zero-order chi connectivity index (χ0) is 14.3. The third-order valence-electron chi connectivity index (χ3n) is 2.74. The van der Waals surface area contributed by atoms with E-state index in [9.17, 15) is 4.79 Å². The van der Waals surface area contributed by atoms with Crippen LogP contribution in [0.3, 0.4) is 0 Å². The number of anilines is 1. The van der Waals surface area contributed by atoms with E-state index >= 15 is 0 Å². The molecule has 1 heterocycles. The first kappa shape index (κ1) is 15.4. The Morgan fingerprint density at radius 1 is 1.47 bits per heavy atom. The molecule has 0 spiro atoms. The van der Waals surface area contributed by atoms with Gasteiger partial charge in [0.1, 0.15) is 5.82 Å². The van der Waals surface area contributed by atoms with Crippen molar-refractivity contribution >= 4 is 11.8 Å². The van der Waals surface area contributed by atoms with Crippen LogP contribution in [0, 0.1) is 0 Å². The van der Waals surface area contributed by atoms with Gasteiger partial charge in [-0.3, -0.25) is 0 Å². The van der Waals surface area contributed by atoms with E-state index in [1.165, 1.54) is 0 Å². The molecule has 0 radical (unpaired) electrons. The van der Waals surface area contributed by atoms with Gasteiger partial charge in [-0.05, 0) is 38.3 Å². The van der Waals surface area contributed by atoms with Crippen molar-refractivity contribution in [3.8, 4) is 0 Å². The second-order valence-electron chi connectivity index (χ2n) is 4.71. The quantitative estimate of drug-likeness (QED) is 0.629. The van der Waals surface area contributed by atoms with Gasteiger partial charge in [-0.15, -0.1) is 0 Å². The number of hydrogen-bond donors (Lipinski definition) is 3. The maximum Gasteiger partial charge on any atom is 0.335 e. The molecule has 1 aromatic heterocycles. The summed E-state index contributed by atoms with van der Waals surface area (Å²) in [5, 5.41) is 21.3. The van der Waals surface area contributed by atoms with E-state index in [0.717, 1.165) is 25.0 Å². The van der Waals surface area contributed by atoms with Crippen molar-refractivity contribution in [3.05, 3.63) is 23.4 Å². The van der Waals surface area contributed by atoms with E-state index in [1.807, 2.05) is 6.92 Å². The molecular weight excluding hydrogens is 244 g/mol. The minimum absolute atomic E-state index is 0.261. The number of carboxylic acids is 1. The molecule has 5 heteroatoms. The van der Waals surface area contributed by atoms with Crippen molar-refractivity contribution in [1.29, 1.82) is 0 Å². The molecule has 0 amide bonds. The largest absolute Gasteiger partial charge is 0.478 e. The Balaban J connectivity index is 2.67. The number of nitrogens with zero attached hydrogens (tertiary/aromatic N) is 1. The molecule has 1 rings (SSSR count). The Kier molecular flexibility index (Phi) is 6.29. The number of carboxylic acid groups (broad SMARTS) is 1. The number of aromatic nitrogens is 1. The number of hydrogen-bond acceptors (Lipinski definition) is 4. The molecular formula is C14H22N2O3. The molecule has 1 aromatic rings.